The Morgan fingerprint density at radius 2 is 2.00 bits per heavy atom. The molecular weight excluding hydrogens is 262 g/mol. The number of thioether (sulfide) groups is 1. The minimum absolute atomic E-state index is 0.0243. The van der Waals surface area contributed by atoms with E-state index in [-0.39, 0.29) is 17.9 Å². The molecule has 2 rings (SSSR count). The van der Waals surface area contributed by atoms with E-state index in [2.05, 4.69) is 0 Å². The Kier molecular flexibility index (Phi) is 4.85. The van der Waals surface area contributed by atoms with Gasteiger partial charge in [-0.3, -0.25) is 4.79 Å². The van der Waals surface area contributed by atoms with Gasteiger partial charge in [0.15, 0.2) is 0 Å². The third-order valence-corrected chi connectivity index (χ3v) is 4.21. The van der Waals surface area contributed by atoms with Gasteiger partial charge in [-0.05, 0) is 23.8 Å². The number of carbonyl (C=O) groups is 2. The second kappa shape index (κ2) is 6.61. The van der Waals surface area contributed by atoms with Crippen LogP contribution in [-0.2, 0) is 11.2 Å². The fourth-order valence-electron chi connectivity index (χ4n) is 2.15. The summed E-state index contributed by atoms with van der Waals surface area (Å²) in [6.45, 7) is 1.54. The highest BCUT2D eigenvalue weighted by atomic mass is 32.2. The van der Waals surface area contributed by atoms with Crippen molar-refractivity contribution in [3.8, 4) is 0 Å². The zero-order valence-electron chi connectivity index (χ0n) is 10.7. The van der Waals surface area contributed by atoms with Crippen LogP contribution >= 0.6 is 11.8 Å². The normalized spacial score (nSPS) is 15.9. The van der Waals surface area contributed by atoms with Crippen LogP contribution < -0.4 is 0 Å². The van der Waals surface area contributed by atoms with Gasteiger partial charge in [-0.2, -0.15) is 11.8 Å². The molecule has 1 fully saturated rings. The first-order valence-electron chi connectivity index (χ1n) is 6.35. The summed E-state index contributed by atoms with van der Waals surface area (Å²) < 4.78 is 0. The summed E-state index contributed by atoms with van der Waals surface area (Å²) in [5.74, 6) is 1.10. The maximum atomic E-state index is 12.2. The minimum Gasteiger partial charge on any atom is -0.478 e. The molecule has 19 heavy (non-hydrogen) atoms. The lowest BCUT2D eigenvalue weighted by molar-refractivity contribution is -0.130. The van der Waals surface area contributed by atoms with E-state index >= 15 is 0 Å². The van der Waals surface area contributed by atoms with Crippen LogP contribution in [0, 0.1) is 0 Å². The first-order valence-corrected chi connectivity index (χ1v) is 7.50. The highest BCUT2D eigenvalue weighted by Crippen LogP contribution is 2.14. The van der Waals surface area contributed by atoms with Crippen molar-refractivity contribution in [2.45, 2.75) is 12.8 Å². The van der Waals surface area contributed by atoms with Gasteiger partial charge in [0.2, 0.25) is 5.91 Å². The van der Waals surface area contributed by atoms with Gasteiger partial charge >= 0.3 is 5.97 Å². The molecule has 0 aromatic heterocycles. The van der Waals surface area contributed by atoms with Gasteiger partial charge in [-0.1, -0.05) is 18.2 Å². The van der Waals surface area contributed by atoms with Gasteiger partial charge in [0.05, 0.1) is 12.0 Å². The lowest BCUT2D eigenvalue weighted by Gasteiger charge is -2.20. The second-order valence-corrected chi connectivity index (χ2v) is 5.71. The van der Waals surface area contributed by atoms with E-state index in [1.54, 1.807) is 24.3 Å². The van der Waals surface area contributed by atoms with E-state index in [9.17, 15) is 9.59 Å². The standard InChI is InChI=1S/C14H17NO3S/c16-13(15-6-3-8-19-9-7-15)10-11-4-1-2-5-12(11)14(17)18/h1-2,4-5H,3,6-10H2,(H,17,18). The van der Waals surface area contributed by atoms with Crippen molar-refractivity contribution in [2.24, 2.45) is 0 Å². The van der Waals surface area contributed by atoms with Crippen LogP contribution in [0.1, 0.15) is 22.3 Å². The van der Waals surface area contributed by atoms with E-state index < -0.39 is 5.97 Å². The number of rotatable bonds is 3. The number of nitrogens with zero attached hydrogens (tertiary/aromatic N) is 1. The molecule has 0 radical (unpaired) electrons. The maximum absolute atomic E-state index is 12.2. The van der Waals surface area contributed by atoms with Crippen LogP contribution in [0.3, 0.4) is 0 Å². The Balaban J connectivity index is 2.07. The molecular formula is C14H17NO3S. The molecule has 0 saturated carbocycles. The molecule has 1 heterocycles. The summed E-state index contributed by atoms with van der Waals surface area (Å²) in [6, 6.07) is 6.71. The Bertz CT molecular complexity index is 468. The molecule has 0 bridgehead atoms. The van der Waals surface area contributed by atoms with Crippen LogP contribution in [0.5, 0.6) is 0 Å². The van der Waals surface area contributed by atoms with Gasteiger partial charge in [-0.15, -0.1) is 0 Å². The number of carboxylic acids is 1. The topological polar surface area (TPSA) is 57.6 Å². The molecule has 0 atom stereocenters. The number of hydrogen-bond acceptors (Lipinski definition) is 3. The van der Waals surface area contributed by atoms with E-state index in [1.807, 2.05) is 16.7 Å². The van der Waals surface area contributed by atoms with Crippen molar-refractivity contribution >= 4 is 23.6 Å². The Morgan fingerprint density at radius 3 is 2.79 bits per heavy atom. The van der Waals surface area contributed by atoms with E-state index in [0.29, 0.717) is 5.56 Å². The van der Waals surface area contributed by atoms with Crippen molar-refractivity contribution in [3.05, 3.63) is 35.4 Å². The lowest BCUT2D eigenvalue weighted by atomic mass is 10.0. The largest absolute Gasteiger partial charge is 0.478 e. The summed E-state index contributed by atoms with van der Waals surface area (Å²) in [6.07, 6.45) is 1.18. The molecule has 0 aliphatic carbocycles. The Morgan fingerprint density at radius 1 is 1.21 bits per heavy atom. The van der Waals surface area contributed by atoms with Crippen LogP contribution in [0.4, 0.5) is 0 Å². The minimum atomic E-state index is -0.977. The van der Waals surface area contributed by atoms with Gasteiger partial charge < -0.3 is 10.0 Å². The molecule has 1 aromatic rings. The first-order chi connectivity index (χ1) is 9.18. The predicted molar refractivity (Wildman–Crippen MR) is 75.6 cm³/mol. The third-order valence-electron chi connectivity index (χ3n) is 3.16. The van der Waals surface area contributed by atoms with Gasteiger partial charge in [0.1, 0.15) is 0 Å². The Hall–Kier alpha value is -1.49. The summed E-state index contributed by atoms with van der Waals surface area (Å²) in [5.41, 5.74) is 0.817. The highest BCUT2D eigenvalue weighted by Gasteiger charge is 2.18. The zero-order valence-corrected chi connectivity index (χ0v) is 11.5. The number of carbonyl (C=O) groups excluding carboxylic acids is 1. The van der Waals surface area contributed by atoms with Crippen LogP contribution in [0.2, 0.25) is 0 Å². The number of aromatic carboxylic acids is 1. The third kappa shape index (κ3) is 3.73. The van der Waals surface area contributed by atoms with Crippen molar-refractivity contribution in [2.75, 3.05) is 24.6 Å². The average molecular weight is 279 g/mol. The Labute approximate surface area is 116 Å². The van der Waals surface area contributed by atoms with Crippen LogP contribution in [0.25, 0.3) is 0 Å². The summed E-state index contributed by atoms with van der Waals surface area (Å²) in [7, 11) is 0. The fraction of sp³-hybridized carbons (Fsp3) is 0.429. The number of benzene rings is 1. The van der Waals surface area contributed by atoms with Crippen molar-refractivity contribution in [1.82, 2.24) is 4.90 Å². The monoisotopic (exact) mass is 279 g/mol. The van der Waals surface area contributed by atoms with Gasteiger partial charge in [-0.25, -0.2) is 4.79 Å². The number of carboxylic acid groups (broad SMARTS) is 1. The zero-order chi connectivity index (χ0) is 13.7. The molecule has 1 saturated heterocycles. The van der Waals surface area contributed by atoms with Crippen LogP contribution in [0.15, 0.2) is 24.3 Å². The van der Waals surface area contributed by atoms with E-state index in [0.717, 1.165) is 31.0 Å². The fourth-order valence-corrected chi connectivity index (χ4v) is 3.04. The molecule has 1 N–H and O–H groups in total. The van der Waals surface area contributed by atoms with Gasteiger partial charge in [0, 0.05) is 18.8 Å². The summed E-state index contributed by atoms with van der Waals surface area (Å²) in [4.78, 5) is 25.2. The molecule has 1 aromatic carbocycles. The molecule has 1 aliphatic heterocycles. The van der Waals surface area contributed by atoms with Crippen LogP contribution in [-0.4, -0.2) is 46.5 Å². The quantitative estimate of drug-likeness (QED) is 0.918. The molecule has 1 amide bonds. The molecule has 1 aliphatic rings. The average Bonchev–Trinajstić information content (AvgIpc) is 2.68. The van der Waals surface area contributed by atoms with Gasteiger partial charge in [0.25, 0.3) is 0 Å². The molecule has 5 heteroatoms. The number of hydrogen-bond donors (Lipinski definition) is 1. The van der Waals surface area contributed by atoms with Crippen molar-refractivity contribution in [3.63, 3.8) is 0 Å². The highest BCUT2D eigenvalue weighted by molar-refractivity contribution is 7.99. The second-order valence-electron chi connectivity index (χ2n) is 4.49. The molecule has 0 unspecified atom stereocenters. The predicted octanol–water partition coefficient (Wildman–Crippen LogP) is 1.89. The first kappa shape index (κ1) is 13.9. The smallest absolute Gasteiger partial charge is 0.335 e. The lowest BCUT2D eigenvalue weighted by Crippen LogP contribution is -2.34. The van der Waals surface area contributed by atoms with Crippen molar-refractivity contribution < 1.29 is 14.7 Å². The van der Waals surface area contributed by atoms with E-state index in [1.165, 1.54) is 0 Å². The maximum Gasteiger partial charge on any atom is 0.335 e. The van der Waals surface area contributed by atoms with Crippen molar-refractivity contribution in [1.29, 1.82) is 0 Å². The molecule has 0 spiro atoms. The molecule has 4 nitrogen and oxygen atoms in total. The summed E-state index contributed by atoms with van der Waals surface area (Å²) in [5, 5.41) is 9.11. The number of amides is 1. The molecule has 102 valence electrons. The van der Waals surface area contributed by atoms with E-state index in [4.69, 9.17) is 5.11 Å². The summed E-state index contributed by atoms with van der Waals surface area (Å²) >= 11 is 1.86. The SMILES string of the molecule is O=C(O)c1ccccc1CC(=O)N1CCCSCC1.